The van der Waals surface area contributed by atoms with Crippen LogP contribution in [0.5, 0.6) is 0 Å². The molecule has 0 heterocycles. The number of benzene rings is 1. The Labute approximate surface area is 106 Å². The van der Waals surface area contributed by atoms with Crippen molar-refractivity contribution in [3.63, 3.8) is 0 Å². The zero-order valence-electron chi connectivity index (χ0n) is 10.6. The van der Waals surface area contributed by atoms with Crippen molar-refractivity contribution < 1.29 is 19.7 Å². The van der Waals surface area contributed by atoms with Gasteiger partial charge in [0, 0.05) is 19.3 Å². The second kappa shape index (κ2) is 6.98. The van der Waals surface area contributed by atoms with Gasteiger partial charge in [-0.1, -0.05) is 0 Å². The molecule has 0 aliphatic heterocycles. The molecule has 0 spiro atoms. The summed E-state index contributed by atoms with van der Waals surface area (Å²) in [6, 6.07) is 5.08. The molecule has 1 atom stereocenters. The van der Waals surface area contributed by atoms with Crippen LogP contribution in [0.1, 0.15) is 22.3 Å². The van der Waals surface area contributed by atoms with Gasteiger partial charge in [-0.25, -0.2) is 4.79 Å². The van der Waals surface area contributed by atoms with Crippen LogP contribution in [0.3, 0.4) is 0 Å². The molecule has 1 aromatic rings. The van der Waals surface area contributed by atoms with Crippen molar-refractivity contribution in [3.8, 4) is 0 Å². The molecule has 100 valence electrons. The van der Waals surface area contributed by atoms with Crippen molar-refractivity contribution in [2.45, 2.75) is 19.4 Å². The first-order valence-corrected chi connectivity index (χ1v) is 5.79. The van der Waals surface area contributed by atoms with Gasteiger partial charge in [-0.15, -0.1) is 0 Å². The van der Waals surface area contributed by atoms with E-state index >= 15 is 0 Å². The van der Waals surface area contributed by atoms with Gasteiger partial charge in [0.15, 0.2) is 0 Å². The van der Waals surface area contributed by atoms with E-state index in [9.17, 15) is 9.90 Å². The minimum atomic E-state index is -0.922. The topological polar surface area (TPSA) is 78.8 Å². The number of anilines is 1. The molecule has 0 aliphatic carbocycles. The highest BCUT2D eigenvalue weighted by atomic mass is 16.5. The number of carboxylic acid groups (broad SMARTS) is 1. The molecule has 0 bridgehead atoms. The Kier molecular flexibility index (Phi) is 5.61. The van der Waals surface area contributed by atoms with E-state index in [-0.39, 0.29) is 0 Å². The molecule has 0 saturated heterocycles. The number of hydrogen-bond donors (Lipinski definition) is 3. The molecule has 0 aliphatic rings. The predicted molar refractivity (Wildman–Crippen MR) is 69.1 cm³/mol. The number of aryl methyl sites for hydroxylation is 1. The summed E-state index contributed by atoms with van der Waals surface area (Å²) < 4.78 is 4.82. The van der Waals surface area contributed by atoms with Crippen molar-refractivity contribution in [1.29, 1.82) is 0 Å². The normalized spacial score (nSPS) is 12.2. The van der Waals surface area contributed by atoms with Gasteiger partial charge in [0.05, 0.1) is 18.3 Å². The Morgan fingerprint density at radius 2 is 2.22 bits per heavy atom. The molecule has 1 unspecified atom stereocenters. The lowest BCUT2D eigenvalue weighted by molar-refractivity contribution is 0.0615. The number of aliphatic hydroxyl groups excluding tert-OH is 1. The standard InChI is InChI=1S/C13H19NO4/c1-9-7-10(3-4-12(9)13(16)17)14-6-5-11(15)8-18-2/h3-4,7,11,14-15H,5-6,8H2,1-2H3,(H,16,17). The number of methoxy groups -OCH3 is 1. The first-order valence-electron chi connectivity index (χ1n) is 5.79. The molecule has 1 rings (SSSR count). The van der Waals surface area contributed by atoms with Gasteiger partial charge in [0.25, 0.3) is 0 Å². The monoisotopic (exact) mass is 253 g/mol. The van der Waals surface area contributed by atoms with Crippen LogP contribution in [-0.2, 0) is 4.74 Å². The van der Waals surface area contributed by atoms with E-state index in [2.05, 4.69) is 5.32 Å². The van der Waals surface area contributed by atoms with Crippen LogP contribution in [0.4, 0.5) is 5.69 Å². The lowest BCUT2D eigenvalue weighted by Crippen LogP contribution is -2.18. The van der Waals surface area contributed by atoms with Crippen LogP contribution in [0.2, 0.25) is 0 Å². The minimum Gasteiger partial charge on any atom is -0.478 e. The van der Waals surface area contributed by atoms with Crippen LogP contribution in [-0.4, -0.2) is 42.5 Å². The molecule has 5 nitrogen and oxygen atoms in total. The van der Waals surface area contributed by atoms with E-state index < -0.39 is 12.1 Å². The largest absolute Gasteiger partial charge is 0.478 e. The van der Waals surface area contributed by atoms with Crippen LogP contribution in [0.25, 0.3) is 0 Å². The predicted octanol–water partition coefficient (Wildman–Crippen LogP) is 1.50. The summed E-state index contributed by atoms with van der Waals surface area (Å²) >= 11 is 0. The number of rotatable bonds is 7. The second-order valence-electron chi connectivity index (χ2n) is 4.16. The van der Waals surface area contributed by atoms with Gasteiger partial charge >= 0.3 is 5.97 Å². The highest BCUT2D eigenvalue weighted by Gasteiger charge is 2.07. The van der Waals surface area contributed by atoms with E-state index in [4.69, 9.17) is 9.84 Å². The highest BCUT2D eigenvalue weighted by molar-refractivity contribution is 5.89. The third-order valence-electron chi connectivity index (χ3n) is 2.62. The van der Waals surface area contributed by atoms with Crippen molar-refractivity contribution in [1.82, 2.24) is 0 Å². The van der Waals surface area contributed by atoms with E-state index in [1.807, 2.05) is 0 Å². The summed E-state index contributed by atoms with van der Waals surface area (Å²) in [5.41, 5.74) is 1.87. The lowest BCUT2D eigenvalue weighted by Gasteiger charge is -2.12. The molecule has 1 aromatic carbocycles. The van der Waals surface area contributed by atoms with E-state index in [0.717, 1.165) is 5.69 Å². The lowest BCUT2D eigenvalue weighted by atomic mass is 10.1. The quantitative estimate of drug-likeness (QED) is 0.686. The number of carbonyl (C=O) groups is 1. The Balaban J connectivity index is 2.49. The summed E-state index contributed by atoms with van der Waals surface area (Å²) in [5.74, 6) is -0.922. The summed E-state index contributed by atoms with van der Waals surface area (Å²) in [6.07, 6.45) is 0.0926. The van der Waals surface area contributed by atoms with Gasteiger partial charge in [-0.2, -0.15) is 0 Å². The van der Waals surface area contributed by atoms with E-state index in [0.29, 0.717) is 30.7 Å². The summed E-state index contributed by atoms with van der Waals surface area (Å²) in [6.45, 7) is 2.68. The fourth-order valence-corrected chi connectivity index (χ4v) is 1.67. The maximum atomic E-state index is 10.8. The molecule has 0 aromatic heterocycles. The SMILES string of the molecule is COCC(O)CCNc1ccc(C(=O)O)c(C)c1. The molecule has 3 N–H and O–H groups in total. The molecule has 0 amide bonds. The number of carboxylic acids is 1. The zero-order chi connectivity index (χ0) is 13.5. The highest BCUT2D eigenvalue weighted by Crippen LogP contribution is 2.15. The van der Waals surface area contributed by atoms with E-state index in [1.165, 1.54) is 0 Å². The Bertz CT molecular complexity index is 406. The zero-order valence-corrected chi connectivity index (χ0v) is 10.6. The van der Waals surface area contributed by atoms with Crippen LogP contribution < -0.4 is 5.32 Å². The Hall–Kier alpha value is -1.59. The summed E-state index contributed by atoms with van der Waals surface area (Å²) in [5, 5.41) is 21.5. The molecular formula is C13H19NO4. The molecular weight excluding hydrogens is 234 g/mol. The average Bonchev–Trinajstić information content (AvgIpc) is 2.29. The summed E-state index contributed by atoms with van der Waals surface area (Å²) in [7, 11) is 1.55. The molecule has 0 fully saturated rings. The fraction of sp³-hybridized carbons (Fsp3) is 0.462. The van der Waals surface area contributed by atoms with Gasteiger partial charge in [-0.3, -0.25) is 0 Å². The van der Waals surface area contributed by atoms with E-state index in [1.54, 1.807) is 32.2 Å². The fourth-order valence-electron chi connectivity index (χ4n) is 1.67. The molecule has 0 saturated carbocycles. The second-order valence-corrected chi connectivity index (χ2v) is 4.16. The van der Waals surface area contributed by atoms with Gasteiger partial charge < -0.3 is 20.3 Å². The van der Waals surface area contributed by atoms with Crippen molar-refractivity contribution >= 4 is 11.7 Å². The van der Waals surface area contributed by atoms with Gasteiger partial charge in [0.2, 0.25) is 0 Å². The molecule has 18 heavy (non-hydrogen) atoms. The van der Waals surface area contributed by atoms with Crippen LogP contribution >= 0.6 is 0 Å². The number of hydrogen-bond acceptors (Lipinski definition) is 4. The number of aromatic carboxylic acids is 1. The average molecular weight is 253 g/mol. The van der Waals surface area contributed by atoms with Gasteiger partial charge in [-0.05, 0) is 37.1 Å². The van der Waals surface area contributed by atoms with Crippen molar-refractivity contribution in [2.24, 2.45) is 0 Å². The maximum Gasteiger partial charge on any atom is 0.335 e. The Morgan fingerprint density at radius 1 is 1.50 bits per heavy atom. The third kappa shape index (κ3) is 4.35. The third-order valence-corrected chi connectivity index (χ3v) is 2.62. The Morgan fingerprint density at radius 3 is 2.78 bits per heavy atom. The first-order chi connectivity index (χ1) is 8.54. The molecule has 0 radical (unpaired) electrons. The van der Waals surface area contributed by atoms with Crippen molar-refractivity contribution in [2.75, 3.05) is 25.6 Å². The van der Waals surface area contributed by atoms with Crippen molar-refractivity contribution in [3.05, 3.63) is 29.3 Å². The number of nitrogens with one attached hydrogen (secondary N) is 1. The minimum absolute atomic E-state index is 0.306. The maximum absolute atomic E-state index is 10.8. The smallest absolute Gasteiger partial charge is 0.335 e. The van der Waals surface area contributed by atoms with Crippen LogP contribution in [0, 0.1) is 6.92 Å². The van der Waals surface area contributed by atoms with Crippen LogP contribution in [0.15, 0.2) is 18.2 Å². The molecule has 5 heteroatoms. The summed E-state index contributed by atoms with van der Waals surface area (Å²) in [4.78, 5) is 10.8. The van der Waals surface area contributed by atoms with Gasteiger partial charge in [0.1, 0.15) is 0 Å². The first kappa shape index (κ1) is 14.5. The number of aliphatic hydroxyl groups is 1. The number of ether oxygens (including phenoxy) is 1.